The van der Waals surface area contributed by atoms with Gasteiger partial charge in [-0.15, -0.1) is 0 Å². The molecule has 3 aromatic carbocycles. The summed E-state index contributed by atoms with van der Waals surface area (Å²) >= 11 is 0. The minimum atomic E-state index is -1.26. The number of ether oxygens (including phenoxy) is 2. The van der Waals surface area contributed by atoms with Gasteiger partial charge in [-0.2, -0.15) is 0 Å². The van der Waals surface area contributed by atoms with Gasteiger partial charge in [-0.1, -0.05) is 63.3 Å². The Morgan fingerprint density at radius 1 is 0.879 bits per heavy atom. The summed E-state index contributed by atoms with van der Waals surface area (Å²) < 4.78 is 12.1. The molecule has 5 amide bonds. The van der Waals surface area contributed by atoms with Crippen LogP contribution in [0.15, 0.2) is 54.6 Å². The van der Waals surface area contributed by atoms with E-state index in [0.29, 0.717) is 45.9 Å². The van der Waals surface area contributed by atoms with Crippen LogP contribution in [0.2, 0.25) is 0 Å². The molecular weight excluding hydrogens is 741 g/mol. The van der Waals surface area contributed by atoms with Crippen molar-refractivity contribution in [2.24, 2.45) is 5.73 Å². The van der Waals surface area contributed by atoms with E-state index in [1.807, 2.05) is 32.0 Å². The van der Waals surface area contributed by atoms with Gasteiger partial charge >= 0.3 is 0 Å². The predicted molar refractivity (Wildman–Crippen MR) is 222 cm³/mol. The molecule has 0 saturated heterocycles. The Hall–Kier alpha value is -5.47. The van der Waals surface area contributed by atoms with Gasteiger partial charge in [0.15, 0.2) is 0 Å². The molecule has 6 N–H and O–H groups in total. The number of nitrogens with two attached hydrogens (primary N) is 1. The fourth-order valence-electron chi connectivity index (χ4n) is 7.01. The largest absolute Gasteiger partial charge is 0.493 e. The lowest BCUT2D eigenvalue weighted by Crippen LogP contribution is -2.55. The first kappa shape index (κ1) is 45.2. The van der Waals surface area contributed by atoms with E-state index in [-0.39, 0.29) is 19.6 Å². The number of carbonyl (C=O) groups excluding carboxylic acids is 5. The van der Waals surface area contributed by atoms with Crippen molar-refractivity contribution in [3.05, 3.63) is 82.4 Å². The smallest absolute Gasteiger partial charge is 0.266 e. The van der Waals surface area contributed by atoms with Crippen molar-refractivity contribution in [3.63, 3.8) is 0 Å². The van der Waals surface area contributed by atoms with Crippen LogP contribution in [-0.4, -0.2) is 87.0 Å². The first-order chi connectivity index (χ1) is 27.9. The van der Waals surface area contributed by atoms with Crippen LogP contribution < -0.4 is 36.6 Å². The van der Waals surface area contributed by atoms with Gasteiger partial charge in [0.25, 0.3) is 11.8 Å². The third-order valence-electron chi connectivity index (χ3n) is 10.1. The second kappa shape index (κ2) is 22.5. The molecule has 3 atom stereocenters. The molecule has 0 aromatic heterocycles. The van der Waals surface area contributed by atoms with Gasteiger partial charge in [-0.05, 0) is 86.2 Å². The topological polar surface area (TPSA) is 190 Å². The van der Waals surface area contributed by atoms with E-state index >= 15 is 0 Å². The summed E-state index contributed by atoms with van der Waals surface area (Å²) in [6, 6.07) is 12.8. The zero-order valence-electron chi connectivity index (χ0n) is 34.7. The SMILES string of the molecule is CCCCCCCCc1ccc(C(=O)NCC(=O)N(C)C2C(=O)N[C@@H](C)C(=O)NC(C(=O)NOC)Cc3ccc(OCC)c(c3)-c3cc2ccc3OCCN)c(C)c1. The van der Waals surface area contributed by atoms with Crippen molar-refractivity contribution in [1.29, 1.82) is 0 Å². The van der Waals surface area contributed by atoms with Crippen molar-refractivity contribution >= 4 is 29.5 Å². The summed E-state index contributed by atoms with van der Waals surface area (Å²) in [5.74, 6) is -1.92. The van der Waals surface area contributed by atoms with E-state index in [1.165, 1.54) is 58.1 Å². The van der Waals surface area contributed by atoms with Crippen LogP contribution >= 0.6 is 0 Å². The fourth-order valence-corrected chi connectivity index (χ4v) is 7.01. The Balaban J connectivity index is 1.67. The number of carbonyl (C=O) groups is 5. The molecule has 1 aliphatic heterocycles. The van der Waals surface area contributed by atoms with Crippen molar-refractivity contribution in [2.75, 3.05) is 40.5 Å². The molecule has 0 saturated carbocycles. The zero-order valence-corrected chi connectivity index (χ0v) is 34.7. The maximum atomic E-state index is 14.2. The van der Waals surface area contributed by atoms with Crippen molar-refractivity contribution in [3.8, 4) is 22.6 Å². The van der Waals surface area contributed by atoms with Gasteiger partial charge in [-0.25, -0.2) is 5.48 Å². The lowest BCUT2D eigenvalue weighted by Gasteiger charge is -2.30. The molecule has 0 fully saturated rings. The predicted octanol–water partition coefficient (Wildman–Crippen LogP) is 4.45. The Bertz CT molecular complexity index is 1900. The summed E-state index contributed by atoms with van der Waals surface area (Å²) in [6.45, 7) is 7.79. The van der Waals surface area contributed by atoms with E-state index in [9.17, 15) is 24.0 Å². The molecule has 4 bridgehead atoms. The number of unbranched alkanes of at least 4 members (excludes halogenated alkanes) is 5. The molecule has 58 heavy (non-hydrogen) atoms. The molecule has 4 rings (SSSR count). The Morgan fingerprint density at radius 3 is 2.29 bits per heavy atom. The first-order valence-corrected chi connectivity index (χ1v) is 20.2. The molecule has 0 aliphatic carbocycles. The second-order valence-electron chi connectivity index (χ2n) is 14.6. The third kappa shape index (κ3) is 12.3. The summed E-state index contributed by atoms with van der Waals surface area (Å²) in [5.41, 5.74) is 12.7. The number of likely N-dealkylation sites (N-methyl/N-ethyl adjacent to an activating group) is 1. The Morgan fingerprint density at radius 2 is 1.59 bits per heavy atom. The summed E-state index contributed by atoms with van der Waals surface area (Å²) in [5, 5.41) is 8.17. The van der Waals surface area contributed by atoms with E-state index in [0.717, 1.165) is 24.0 Å². The van der Waals surface area contributed by atoms with Crippen LogP contribution in [0, 0.1) is 6.92 Å². The number of nitrogens with zero attached hydrogens (tertiary/aromatic N) is 1. The molecule has 1 aliphatic rings. The van der Waals surface area contributed by atoms with Crippen LogP contribution in [0.5, 0.6) is 11.5 Å². The van der Waals surface area contributed by atoms with Gasteiger partial charge in [-0.3, -0.25) is 28.8 Å². The van der Waals surface area contributed by atoms with Crippen molar-refractivity contribution in [1.82, 2.24) is 26.3 Å². The Labute approximate surface area is 341 Å². The summed E-state index contributed by atoms with van der Waals surface area (Å²) in [6.07, 6.45) is 8.22. The minimum Gasteiger partial charge on any atom is -0.493 e. The van der Waals surface area contributed by atoms with Gasteiger partial charge in [0.1, 0.15) is 36.2 Å². The fraction of sp³-hybridized carbons (Fsp3) is 0.477. The summed E-state index contributed by atoms with van der Waals surface area (Å²) in [4.78, 5) is 74.2. The number of hydrogen-bond donors (Lipinski definition) is 5. The van der Waals surface area contributed by atoms with Crippen LogP contribution in [0.4, 0.5) is 0 Å². The van der Waals surface area contributed by atoms with E-state index < -0.39 is 54.2 Å². The van der Waals surface area contributed by atoms with Gasteiger partial charge in [0.2, 0.25) is 17.7 Å². The minimum absolute atomic E-state index is 0.0775. The number of amides is 5. The lowest BCUT2D eigenvalue weighted by molar-refractivity contribution is -0.140. The van der Waals surface area contributed by atoms with Crippen LogP contribution in [0.1, 0.15) is 97.9 Å². The van der Waals surface area contributed by atoms with Gasteiger partial charge < -0.3 is 36.1 Å². The lowest BCUT2D eigenvalue weighted by atomic mass is 9.93. The normalized spacial score (nSPS) is 16.6. The molecule has 0 radical (unpaired) electrons. The maximum Gasteiger partial charge on any atom is 0.266 e. The first-order valence-electron chi connectivity index (χ1n) is 20.2. The number of rotatable bonds is 18. The average Bonchev–Trinajstić information content (AvgIpc) is 3.20. The monoisotopic (exact) mass is 800 g/mol. The number of aryl methyl sites for hydroxylation is 2. The highest BCUT2D eigenvalue weighted by molar-refractivity contribution is 5.99. The highest BCUT2D eigenvalue weighted by Crippen LogP contribution is 2.40. The van der Waals surface area contributed by atoms with Crippen LogP contribution in [0.3, 0.4) is 0 Å². The number of benzene rings is 3. The molecular formula is C44H60N6O8. The van der Waals surface area contributed by atoms with Crippen LogP contribution in [0.25, 0.3) is 11.1 Å². The number of fused-ring (bicyclic) bond motifs is 5. The van der Waals surface area contributed by atoms with E-state index in [2.05, 4.69) is 28.4 Å². The Kier molecular flexibility index (Phi) is 17.5. The van der Waals surface area contributed by atoms with E-state index in [4.69, 9.17) is 20.0 Å². The number of nitrogens with one attached hydrogen (secondary N) is 4. The van der Waals surface area contributed by atoms with Gasteiger partial charge in [0, 0.05) is 36.7 Å². The van der Waals surface area contributed by atoms with Crippen molar-refractivity contribution < 1.29 is 38.3 Å². The quantitative estimate of drug-likeness (QED) is 0.0914. The number of hydroxylamine groups is 1. The molecule has 314 valence electrons. The third-order valence-corrected chi connectivity index (χ3v) is 10.1. The molecule has 3 aromatic rings. The standard InChI is InChI=1S/C44H60N6O8/c1-7-9-10-11-12-13-14-30-15-18-33(28(3)23-30)42(53)46-27-39(51)50(5)40-32-17-20-38(58-22-21-45)35(26-32)34-24-31(16-19-37(34)57-8-2)25-36(43(54)49-56-6)48-41(52)29(4)47-44(40)55/h15-20,23-24,26,29,36,40H,7-14,21-22,25,27,45H2,1-6H3,(H,46,53)(H,47,55)(H,48,52)(H,49,54)/t29-,36?,40?/m0/s1. The number of hydrogen-bond acceptors (Lipinski definition) is 9. The molecule has 1 heterocycles. The molecule has 14 heteroatoms. The molecule has 14 nitrogen and oxygen atoms in total. The van der Waals surface area contributed by atoms with E-state index in [1.54, 1.807) is 36.4 Å². The highest BCUT2D eigenvalue weighted by atomic mass is 16.6. The molecule has 2 unspecified atom stereocenters. The average molecular weight is 801 g/mol. The highest BCUT2D eigenvalue weighted by Gasteiger charge is 2.33. The summed E-state index contributed by atoms with van der Waals surface area (Å²) in [7, 11) is 2.75. The molecule has 0 spiro atoms. The maximum absolute atomic E-state index is 14.2. The van der Waals surface area contributed by atoms with Crippen LogP contribution in [-0.2, 0) is 36.9 Å². The van der Waals surface area contributed by atoms with Crippen molar-refractivity contribution in [2.45, 2.75) is 97.2 Å². The van der Waals surface area contributed by atoms with Gasteiger partial charge in [0.05, 0.1) is 20.3 Å². The zero-order chi connectivity index (χ0) is 42.2. The second-order valence-corrected chi connectivity index (χ2v) is 14.6.